The fraction of sp³-hybridized carbons (Fsp3) is 0.800. The van der Waals surface area contributed by atoms with Crippen LogP contribution in [0, 0.1) is 0 Å². The number of nitrogens with zero attached hydrogens (tertiary/aromatic N) is 2. The van der Waals surface area contributed by atoms with E-state index >= 15 is 0 Å². The lowest BCUT2D eigenvalue weighted by Gasteiger charge is -2.09. The van der Waals surface area contributed by atoms with E-state index in [9.17, 15) is 4.79 Å². The van der Waals surface area contributed by atoms with Gasteiger partial charge in [-0.25, -0.2) is 0 Å². The Bertz CT molecular complexity index is 143. The highest BCUT2D eigenvalue weighted by Gasteiger charge is 2.15. The van der Waals surface area contributed by atoms with Crippen LogP contribution in [0.25, 0.3) is 0 Å². The van der Waals surface area contributed by atoms with Crippen molar-refractivity contribution in [3.05, 3.63) is 0 Å². The van der Waals surface area contributed by atoms with Gasteiger partial charge in [-0.1, -0.05) is 0 Å². The standard InChI is InChI=1S/C5H9N3O/c6-5(9)4-2-1-3-7-8-4/h4H,1-3H2,(H2,6,9). The molecule has 2 N–H and O–H groups in total. The molecular formula is C5H9N3O. The summed E-state index contributed by atoms with van der Waals surface area (Å²) in [7, 11) is 0. The summed E-state index contributed by atoms with van der Waals surface area (Å²) in [6.07, 6.45) is 1.69. The molecule has 0 fully saturated rings. The van der Waals surface area contributed by atoms with Crippen LogP contribution < -0.4 is 5.73 Å². The van der Waals surface area contributed by atoms with Gasteiger partial charge < -0.3 is 5.73 Å². The van der Waals surface area contributed by atoms with Gasteiger partial charge in [-0.2, -0.15) is 10.2 Å². The molecule has 1 aliphatic rings. The molecule has 1 amide bonds. The maximum atomic E-state index is 10.4. The van der Waals surface area contributed by atoms with E-state index in [1.165, 1.54) is 0 Å². The second-order valence-corrected chi connectivity index (χ2v) is 2.04. The van der Waals surface area contributed by atoms with Gasteiger partial charge >= 0.3 is 0 Å². The van der Waals surface area contributed by atoms with Crippen molar-refractivity contribution in [2.45, 2.75) is 18.9 Å². The Labute approximate surface area is 53.1 Å². The first-order valence-electron chi connectivity index (χ1n) is 2.96. The van der Waals surface area contributed by atoms with Gasteiger partial charge in [0.15, 0.2) is 0 Å². The molecule has 0 bridgehead atoms. The van der Waals surface area contributed by atoms with E-state index in [0.29, 0.717) is 0 Å². The van der Waals surface area contributed by atoms with E-state index in [4.69, 9.17) is 5.73 Å². The molecule has 0 aromatic carbocycles. The molecule has 0 saturated heterocycles. The van der Waals surface area contributed by atoms with Gasteiger partial charge in [0.2, 0.25) is 5.91 Å². The Kier molecular flexibility index (Phi) is 1.77. The first-order chi connectivity index (χ1) is 4.30. The smallest absolute Gasteiger partial charge is 0.244 e. The highest BCUT2D eigenvalue weighted by molar-refractivity contribution is 5.79. The van der Waals surface area contributed by atoms with Gasteiger partial charge in [0.1, 0.15) is 6.04 Å². The zero-order chi connectivity index (χ0) is 6.69. The fourth-order valence-electron chi connectivity index (χ4n) is 0.769. The maximum absolute atomic E-state index is 10.4. The van der Waals surface area contributed by atoms with Crippen LogP contribution in [0.4, 0.5) is 0 Å². The van der Waals surface area contributed by atoms with E-state index < -0.39 is 0 Å². The molecule has 1 aliphatic heterocycles. The molecule has 1 rings (SSSR count). The van der Waals surface area contributed by atoms with E-state index in [1.54, 1.807) is 0 Å². The van der Waals surface area contributed by atoms with Crippen LogP contribution in [0.2, 0.25) is 0 Å². The van der Waals surface area contributed by atoms with Crippen molar-refractivity contribution < 1.29 is 4.79 Å². The Morgan fingerprint density at radius 3 is 2.78 bits per heavy atom. The summed E-state index contributed by atoms with van der Waals surface area (Å²) in [5.41, 5.74) is 4.97. The minimum absolute atomic E-state index is 0.348. The van der Waals surface area contributed by atoms with Gasteiger partial charge in [-0.15, -0.1) is 0 Å². The maximum Gasteiger partial charge on any atom is 0.244 e. The molecule has 1 unspecified atom stereocenters. The number of hydrogen-bond donors (Lipinski definition) is 1. The van der Waals surface area contributed by atoms with Crippen molar-refractivity contribution in [3.8, 4) is 0 Å². The lowest BCUT2D eigenvalue weighted by atomic mass is 10.1. The second kappa shape index (κ2) is 2.57. The number of rotatable bonds is 1. The van der Waals surface area contributed by atoms with E-state index in [-0.39, 0.29) is 11.9 Å². The summed E-state index contributed by atoms with van der Waals surface area (Å²) in [5.74, 6) is -0.363. The lowest BCUT2D eigenvalue weighted by Crippen LogP contribution is -2.28. The summed E-state index contributed by atoms with van der Waals surface area (Å²) in [6.45, 7) is 0.740. The zero-order valence-electron chi connectivity index (χ0n) is 5.08. The van der Waals surface area contributed by atoms with Gasteiger partial charge in [-0.05, 0) is 12.8 Å². The van der Waals surface area contributed by atoms with Gasteiger partial charge in [0.25, 0.3) is 0 Å². The number of primary amides is 1. The second-order valence-electron chi connectivity index (χ2n) is 2.04. The topological polar surface area (TPSA) is 67.8 Å². The fourth-order valence-corrected chi connectivity index (χ4v) is 0.769. The molecule has 1 atom stereocenters. The first kappa shape index (κ1) is 6.19. The van der Waals surface area contributed by atoms with Crippen molar-refractivity contribution in [1.82, 2.24) is 0 Å². The van der Waals surface area contributed by atoms with E-state index in [2.05, 4.69) is 10.2 Å². The molecule has 4 nitrogen and oxygen atoms in total. The third kappa shape index (κ3) is 1.48. The molecule has 9 heavy (non-hydrogen) atoms. The molecule has 0 radical (unpaired) electrons. The molecule has 4 heteroatoms. The molecular weight excluding hydrogens is 118 g/mol. The number of carbonyl (C=O) groups excluding carboxylic acids is 1. The number of nitrogens with two attached hydrogens (primary N) is 1. The predicted octanol–water partition coefficient (Wildman–Crippen LogP) is 0.0863. The molecule has 0 spiro atoms. The molecule has 0 saturated carbocycles. The molecule has 50 valence electrons. The summed E-state index contributed by atoms with van der Waals surface area (Å²) < 4.78 is 0. The average Bonchev–Trinajstić information content (AvgIpc) is 1.90. The zero-order valence-corrected chi connectivity index (χ0v) is 5.08. The SMILES string of the molecule is NC(=O)C1CCCN=N1. The summed E-state index contributed by atoms with van der Waals surface area (Å²) in [6, 6.07) is -0.348. The van der Waals surface area contributed by atoms with Gasteiger partial charge in [-0.3, -0.25) is 4.79 Å². The highest BCUT2D eigenvalue weighted by atomic mass is 16.1. The number of carbonyl (C=O) groups is 1. The first-order valence-corrected chi connectivity index (χ1v) is 2.96. The monoisotopic (exact) mass is 127 g/mol. The van der Waals surface area contributed by atoms with Gasteiger partial charge in [0, 0.05) is 0 Å². The molecule has 0 aromatic heterocycles. The van der Waals surface area contributed by atoms with Crippen LogP contribution in [0.5, 0.6) is 0 Å². The molecule has 0 aliphatic carbocycles. The van der Waals surface area contributed by atoms with Crippen LogP contribution >= 0.6 is 0 Å². The van der Waals surface area contributed by atoms with E-state index in [1.807, 2.05) is 0 Å². The van der Waals surface area contributed by atoms with Crippen molar-refractivity contribution in [3.63, 3.8) is 0 Å². The number of hydrogen-bond acceptors (Lipinski definition) is 3. The van der Waals surface area contributed by atoms with Crippen LogP contribution in [-0.2, 0) is 4.79 Å². The third-order valence-electron chi connectivity index (χ3n) is 1.29. The Balaban J connectivity index is 2.50. The molecule has 1 heterocycles. The summed E-state index contributed by atoms with van der Waals surface area (Å²) in [5, 5.41) is 7.38. The van der Waals surface area contributed by atoms with Crippen LogP contribution in [-0.4, -0.2) is 18.5 Å². The Hall–Kier alpha value is -0.930. The van der Waals surface area contributed by atoms with Crippen molar-refractivity contribution in [2.75, 3.05) is 6.54 Å². The Morgan fingerprint density at radius 1 is 1.67 bits per heavy atom. The molecule has 0 aromatic rings. The minimum atomic E-state index is -0.363. The number of amides is 1. The normalized spacial score (nSPS) is 26.0. The average molecular weight is 127 g/mol. The van der Waals surface area contributed by atoms with Crippen molar-refractivity contribution >= 4 is 5.91 Å². The Morgan fingerprint density at radius 2 is 2.44 bits per heavy atom. The van der Waals surface area contributed by atoms with Crippen LogP contribution in [0.15, 0.2) is 10.2 Å². The lowest BCUT2D eigenvalue weighted by molar-refractivity contribution is -0.119. The summed E-state index contributed by atoms with van der Waals surface area (Å²) in [4.78, 5) is 10.4. The van der Waals surface area contributed by atoms with Crippen LogP contribution in [0.1, 0.15) is 12.8 Å². The summed E-state index contributed by atoms with van der Waals surface area (Å²) >= 11 is 0. The predicted molar refractivity (Wildman–Crippen MR) is 31.9 cm³/mol. The van der Waals surface area contributed by atoms with Crippen LogP contribution in [0.3, 0.4) is 0 Å². The highest BCUT2D eigenvalue weighted by Crippen LogP contribution is 2.07. The minimum Gasteiger partial charge on any atom is -0.368 e. The van der Waals surface area contributed by atoms with Crippen molar-refractivity contribution in [1.29, 1.82) is 0 Å². The van der Waals surface area contributed by atoms with Crippen molar-refractivity contribution in [2.24, 2.45) is 16.0 Å². The quantitative estimate of drug-likeness (QED) is 0.532. The third-order valence-corrected chi connectivity index (χ3v) is 1.29. The largest absolute Gasteiger partial charge is 0.368 e. The van der Waals surface area contributed by atoms with E-state index in [0.717, 1.165) is 19.4 Å². The van der Waals surface area contributed by atoms with Gasteiger partial charge in [0.05, 0.1) is 6.54 Å². The number of azo groups is 1.